The third kappa shape index (κ3) is 3.51. The maximum atomic E-state index is 12.3. The van der Waals surface area contributed by atoms with Gasteiger partial charge < -0.3 is 14.6 Å². The Kier molecular flexibility index (Phi) is 5.88. The lowest BCUT2D eigenvalue weighted by molar-refractivity contribution is 0.0675. The van der Waals surface area contributed by atoms with Gasteiger partial charge in [0.25, 0.3) is 5.91 Å². The van der Waals surface area contributed by atoms with Gasteiger partial charge in [0.05, 0.1) is 0 Å². The molecule has 4 nitrogen and oxygen atoms in total. The van der Waals surface area contributed by atoms with Gasteiger partial charge in [0.2, 0.25) is 0 Å². The van der Waals surface area contributed by atoms with E-state index in [-0.39, 0.29) is 18.3 Å². The van der Waals surface area contributed by atoms with E-state index in [4.69, 9.17) is 4.42 Å². The number of amides is 1. The monoisotopic (exact) mass is 286 g/mol. The van der Waals surface area contributed by atoms with Crippen LogP contribution in [0.1, 0.15) is 42.6 Å². The maximum Gasteiger partial charge on any atom is 0.289 e. The molecule has 1 aromatic rings. The van der Waals surface area contributed by atoms with E-state index in [2.05, 4.69) is 26.1 Å². The van der Waals surface area contributed by atoms with Crippen molar-refractivity contribution in [3.8, 4) is 0 Å². The molecule has 1 saturated heterocycles. The number of nitrogens with one attached hydrogen (secondary N) is 1. The van der Waals surface area contributed by atoms with Crippen LogP contribution < -0.4 is 5.32 Å². The second-order valence-electron chi connectivity index (χ2n) is 4.87. The van der Waals surface area contributed by atoms with Crippen LogP contribution >= 0.6 is 12.4 Å². The molecule has 0 bridgehead atoms. The van der Waals surface area contributed by atoms with Gasteiger partial charge in [-0.15, -0.1) is 12.4 Å². The minimum absolute atomic E-state index is 0. The van der Waals surface area contributed by atoms with Crippen LogP contribution in [0.15, 0.2) is 10.5 Å². The molecule has 0 spiro atoms. The molecule has 1 aliphatic rings. The fraction of sp³-hybridized carbons (Fsp3) is 0.643. The van der Waals surface area contributed by atoms with Gasteiger partial charge in [-0.1, -0.05) is 13.8 Å². The summed E-state index contributed by atoms with van der Waals surface area (Å²) in [4.78, 5) is 14.2. The van der Waals surface area contributed by atoms with E-state index in [1.165, 1.54) is 0 Å². The molecular weight excluding hydrogens is 264 g/mol. The van der Waals surface area contributed by atoms with Crippen LogP contribution in [-0.2, 0) is 12.8 Å². The van der Waals surface area contributed by atoms with Crippen molar-refractivity contribution in [2.24, 2.45) is 0 Å². The molecule has 1 N–H and O–H groups in total. The number of carbonyl (C=O) groups excluding carboxylic acids is 1. The number of piperazine rings is 1. The Balaban J connectivity index is 0.00000180. The van der Waals surface area contributed by atoms with Crippen LogP contribution in [0.25, 0.3) is 0 Å². The van der Waals surface area contributed by atoms with Crippen LogP contribution in [0.2, 0.25) is 0 Å². The number of halogens is 1. The molecule has 2 heterocycles. The predicted octanol–water partition coefficient (Wildman–Crippen LogP) is 2.26. The van der Waals surface area contributed by atoms with Crippen LogP contribution in [0.3, 0.4) is 0 Å². The van der Waals surface area contributed by atoms with E-state index in [1.54, 1.807) is 0 Å². The fourth-order valence-electron chi connectivity index (χ4n) is 2.44. The fourth-order valence-corrected chi connectivity index (χ4v) is 2.44. The Morgan fingerprint density at radius 2 is 2.21 bits per heavy atom. The molecule has 5 heteroatoms. The molecule has 0 unspecified atom stereocenters. The highest BCUT2D eigenvalue weighted by atomic mass is 35.5. The van der Waals surface area contributed by atoms with Crippen molar-refractivity contribution in [1.29, 1.82) is 0 Å². The Labute approximate surface area is 120 Å². The Morgan fingerprint density at radius 3 is 2.74 bits per heavy atom. The van der Waals surface area contributed by atoms with E-state index >= 15 is 0 Å². The van der Waals surface area contributed by atoms with Gasteiger partial charge in [-0.3, -0.25) is 4.79 Å². The average Bonchev–Trinajstić information content (AvgIpc) is 2.81. The van der Waals surface area contributed by atoms with Crippen molar-refractivity contribution in [2.75, 3.05) is 19.6 Å². The third-order valence-corrected chi connectivity index (χ3v) is 3.47. The zero-order valence-electron chi connectivity index (χ0n) is 11.9. The molecule has 0 aliphatic carbocycles. The zero-order valence-corrected chi connectivity index (χ0v) is 12.7. The summed E-state index contributed by atoms with van der Waals surface area (Å²) < 4.78 is 5.69. The van der Waals surface area contributed by atoms with Crippen LogP contribution in [0.4, 0.5) is 0 Å². The highest BCUT2D eigenvalue weighted by Crippen LogP contribution is 2.19. The van der Waals surface area contributed by atoms with E-state index in [9.17, 15) is 4.79 Å². The van der Waals surface area contributed by atoms with Crippen molar-refractivity contribution in [1.82, 2.24) is 10.2 Å². The molecule has 1 aliphatic heterocycles. The van der Waals surface area contributed by atoms with Crippen molar-refractivity contribution >= 4 is 18.3 Å². The van der Waals surface area contributed by atoms with Gasteiger partial charge >= 0.3 is 0 Å². The molecule has 1 fully saturated rings. The smallest absolute Gasteiger partial charge is 0.289 e. The van der Waals surface area contributed by atoms with Crippen molar-refractivity contribution in [3.63, 3.8) is 0 Å². The van der Waals surface area contributed by atoms with Crippen molar-refractivity contribution in [3.05, 3.63) is 23.2 Å². The summed E-state index contributed by atoms with van der Waals surface area (Å²) in [5.74, 6) is 1.47. The Bertz CT molecular complexity index is 410. The first kappa shape index (κ1) is 16.1. The largest absolute Gasteiger partial charge is 0.456 e. The summed E-state index contributed by atoms with van der Waals surface area (Å²) in [6, 6.07) is 2.27. The predicted molar refractivity (Wildman–Crippen MR) is 78.1 cm³/mol. The first-order valence-corrected chi connectivity index (χ1v) is 6.79. The first-order valence-electron chi connectivity index (χ1n) is 6.79. The van der Waals surface area contributed by atoms with Gasteiger partial charge in [-0.05, 0) is 25.0 Å². The molecule has 108 valence electrons. The Morgan fingerprint density at radius 1 is 1.47 bits per heavy atom. The number of aryl methyl sites for hydroxylation is 2. The molecule has 1 amide bonds. The van der Waals surface area contributed by atoms with Gasteiger partial charge in [0.1, 0.15) is 5.76 Å². The standard InChI is InChI=1S/C14H22N2O2.ClH/c1-4-11-8-13(18-12(11)5-2)14(17)16-7-6-15-10(3)9-16;/h8,10,15H,4-7,9H2,1-3H3;1H/t10-;/m1./s1. The van der Waals surface area contributed by atoms with Gasteiger partial charge in [0, 0.05) is 32.1 Å². The lowest BCUT2D eigenvalue weighted by atomic mass is 10.1. The summed E-state index contributed by atoms with van der Waals surface area (Å²) >= 11 is 0. The van der Waals surface area contributed by atoms with Crippen LogP contribution in [0, 0.1) is 0 Å². The first-order chi connectivity index (χ1) is 8.65. The highest BCUT2D eigenvalue weighted by molar-refractivity contribution is 5.92. The highest BCUT2D eigenvalue weighted by Gasteiger charge is 2.24. The molecule has 2 rings (SSSR count). The second kappa shape index (κ2) is 6.96. The minimum Gasteiger partial charge on any atom is -0.456 e. The quantitative estimate of drug-likeness (QED) is 0.927. The minimum atomic E-state index is 0. The number of furan rings is 1. The summed E-state index contributed by atoms with van der Waals surface area (Å²) in [6.45, 7) is 8.60. The van der Waals surface area contributed by atoms with Crippen LogP contribution in [-0.4, -0.2) is 36.5 Å². The molecule has 0 saturated carbocycles. The summed E-state index contributed by atoms with van der Waals surface area (Å²) in [5.41, 5.74) is 1.16. The average molecular weight is 287 g/mol. The van der Waals surface area contributed by atoms with Gasteiger partial charge in [0.15, 0.2) is 5.76 Å². The summed E-state index contributed by atoms with van der Waals surface area (Å²) in [6.07, 6.45) is 1.76. The molecule has 1 aromatic heterocycles. The normalized spacial score (nSPS) is 19.1. The molecule has 1 atom stereocenters. The van der Waals surface area contributed by atoms with E-state index in [0.717, 1.165) is 43.8 Å². The van der Waals surface area contributed by atoms with Crippen LogP contribution in [0.5, 0.6) is 0 Å². The molecule has 0 radical (unpaired) electrons. The lowest BCUT2D eigenvalue weighted by Crippen LogP contribution is -2.51. The van der Waals surface area contributed by atoms with Gasteiger partial charge in [-0.25, -0.2) is 0 Å². The topological polar surface area (TPSA) is 45.5 Å². The Hall–Kier alpha value is -1.00. The van der Waals surface area contributed by atoms with Gasteiger partial charge in [-0.2, -0.15) is 0 Å². The number of rotatable bonds is 3. The number of carbonyl (C=O) groups is 1. The second-order valence-corrected chi connectivity index (χ2v) is 4.87. The SMILES string of the molecule is CCc1cc(C(=O)N2CCN[C@H](C)C2)oc1CC.Cl. The zero-order chi connectivity index (χ0) is 13.1. The van der Waals surface area contributed by atoms with Crippen molar-refractivity contribution in [2.45, 2.75) is 39.7 Å². The maximum absolute atomic E-state index is 12.3. The van der Waals surface area contributed by atoms with E-state index in [0.29, 0.717) is 11.8 Å². The van der Waals surface area contributed by atoms with E-state index in [1.807, 2.05) is 11.0 Å². The third-order valence-electron chi connectivity index (χ3n) is 3.47. The summed E-state index contributed by atoms with van der Waals surface area (Å²) in [5, 5.41) is 3.33. The number of hydrogen-bond donors (Lipinski definition) is 1. The molecule has 0 aromatic carbocycles. The van der Waals surface area contributed by atoms with Crippen molar-refractivity contribution < 1.29 is 9.21 Å². The molecule has 19 heavy (non-hydrogen) atoms. The summed E-state index contributed by atoms with van der Waals surface area (Å²) in [7, 11) is 0. The lowest BCUT2D eigenvalue weighted by Gasteiger charge is -2.31. The molecular formula is C14H23ClN2O2. The number of hydrogen-bond acceptors (Lipinski definition) is 3. The number of nitrogens with zero attached hydrogens (tertiary/aromatic N) is 1. The van der Waals surface area contributed by atoms with E-state index < -0.39 is 0 Å².